The summed E-state index contributed by atoms with van der Waals surface area (Å²) in [6, 6.07) is 0. The summed E-state index contributed by atoms with van der Waals surface area (Å²) < 4.78 is 6.37. The molecule has 2 aliphatic heterocycles. The van der Waals surface area contributed by atoms with Crippen molar-refractivity contribution in [2.75, 3.05) is 7.11 Å². The first-order valence-electron chi connectivity index (χ1n) is 7.58. The molecule has 0 aromatic carbocycles. The van der Waals surface area contributed by atoms with Crippen molar-refractivity contribution >= 4 is 5.78 Å². The minimum Gasteiger partial charge on any atom is -0.360 e. The third-order valence-electron chi connectivity index (χ3n) is 4.95. The average Bonchev–Trinajstić information content (AvgIpc) is 2.47. The highest BCUT2D eigenvalue weighted by atomic mass is 16.7. The Morgan fingerprint density at radius 3 is 2.00 bits per heavy atom. The SMILES string of the molecule is CCC1(C)CC(=O)C2(CC(C)(C)N(OC)C(C)(C)C2)O1. The summed E-state index contributed by atoms with van der Waals surface area (Å²) in [7, 11) is 1.70. The van der Waals surface area contributed by atoms with E-state index in [-0.39, 0.29) is 22.5 Å². The molecule has 0 N–H and O–H groups in total. The van der Waals surface area contributed by atoms with Crippen LogP contribution in [0.5, 0.6) is 0 Å². The first-order chi connectivity index (χ1) is 9.00. The van der Waals surface area contributed by atoms with Crippen LogP contribution in [0.2, 0.25) is 0 Å². The fourth-order valence-corrected chi connectivity index (χ4v) is 4.45. The molecule has 0 radical (unpaired) electrons. The van der Waals surface area contributed by atoms with Crippen molar-refractivity contribution in [3.63, 3.8) is 0 Å². The Hall–Kier alpha value is -0.450. The second-order valence-corrected chi connectivity index (χ2v) is 7.96. The zero-order chi connectivity index (χ0) is 15.4. The lowest BCUT2D eigenvalue weighted by Gasteiger charge is -2.56. The highest BCUT2D eigenvalue weighted by molar-refractivity contribution is 5.90. The van der Waals surface area contributed by atoms with Gasteiger partial charge in [0, 0.05) is 30.3 Å². The van der Waals surface area contributed by atoms with E-state index in [2.05, 4.69) is 41.5 Å². The zero-order valence-electron chi connectivity index (χ0n) is 14.0. The molecular weight excluding hydrogens is 254 g/mol. The van der Waals surface area contributed by atoms with Crippen LogP contribution in [-0.4, -0.2) is 40.2 Å². The van der Waals surface area contributed by atoms with Crippen LogP contribution in [0.25, 0.3) is 0 Å². The maximum absolute atomic E-state index is 12.7. The number of ether oxygens (including phenoxy) is 1. The van der Waals surface area contributed by atoms with Gasteiger partial charge < -0.3 is 9.57 Å². The number of nitrogens with zero attached hydrogens (tertiary/aromatic N) is 1. The summed E-state index contributed by atoms with van der Waals surface area (Å²) in [5.74, 6) is 0.263. The molecule has 116 valence electrons. The van der Waals surface area contributed by atoms with Crippen molar-refractivity contribution in [1.29, 1.82) is 0 Å². The van der Waals surface area contributed by atoms with Gasteiger partial charge in [-0.3, -0.25) is 4.79 Å². The minimum atomic E-state index is -0.646. The van der Waals surface area contributed by atoms with Crippen LogP contribution in [0.4, 0.5) is 0 Å². The van der Waals surface area contributed by atoms with Crippen molar-refractivity contribution in [3.8, 4) is 0 Å². The molecular formula is C16H29NO3. The molecule has 2 rings (SSSR count). The van der Waals surface area contributed by atoms with Crippen LogP contribution >= 0.6 is 0 Å². The van der Waals surface area contributed by atoms with Crippen LogP contribution < -0.4 is 0 Å². The number of hydrogen-bond acceptors (Lipinski definition) is 4. The van der Waals surface area contributed by atoms with Gasteiger partial charge in [0.25, 0.3) is 0 Å². The Bertz CT molecular complexity index is 398. The average molecular weight is 283 g/mol. The molecule has 2 saturated heterocycles. The van der Waals surface area contributed by atoms with Crippen LogP contribution in [0.15, 0.2) is 0 Å². The van der Waals surface area contributed by atoms with Crippen molar-refractivity contribution in [1.82, 2.24) is 5.06 Å². The number of rotatable bonds is 2. The van der Waals surface area contributed by atoms with Crippen LogP contribution in [-0.2, 0) is 14.4 Å². The Kier molecular flexibility index (Phi) is 3.60. The lowest BCUT2D eigenvalue weighted by molar-refractivity contribution is -0.295. The van der Waals surface area contributed by atoms with Gasteiger partial charge in [-0.15, -0.1) is 0 Å². The standard InChI is InChI=1S/C16H29NO3/c1-8-15(6)9-12(18)16(20-15)10-13(2,3)17(19-7)14(4,5)11-16/h8-11H2,1-7H3. The van der Waals surface area contributed by atoms with E-state index in [9.17, 15) is 4.79 Å². The van der Waals surface area contributed by atoms with E-state index in [4.69, 9.17) is 9.57 Å². The summed E-state index contributed by atoms with van der Waals surface area (Å²) in [6.07, 6.45) is 2.77. The number of hydrogen-bond donors (Lipinski definition) is 0. The normalized spacial score (nSPS) is 35.6. The maximum Gasteiger partial charge on any atom is 0.167 e. The second-order valence-electron chi connectivity index (χ2n) is 7.96. The third kappa shape index (κ3) is 2.32. The third-order valence-corrected chi connectivity index (χ3v) is 4.95. The number of hydroxylamine groups is 2. The maximum atomic E-state index is 12.7. The van der Waals surface area contributed by atoms with Gasteiger partial charge in [-0.2, -0.15) is 5.06 Å². The van der Waals surface area contributed by atoms with Crippen LogP contribution in [0.3, 0.4) is 0 Å². The van der Waals surface area contributed by atoms with Gasteiger partial charge in [-0.1, -0.05) is 6.92 Å². The zero-order valence-corrected chi connectivity index (χ0v) is 14.0. The van der Waals surface area contributed by atoms with E-state index < -0.39 is 5.60 Å². The highest BCUT2D eigenvalue weighted by Gasteiger charge is 2.62. The predicted octanol–water partition coefficient (Wildman–Crippen LogP) is 3.10. The number of carbonyl (C=O) groups is 1. The molecule has 0 amide bonds. The summed E-state index contributed by atoms with van der Waals surface area (Å²) in [5, 5.41) is 2.02. The smallest absolute Gasteiger partial charge is 0.167 e. The van der Waals surface area contributed by atoms with Crippen molar-refractivity contribution in [2.45, 2.75) is 89.5 Å². The number of Topliss-reactive ketones (excluding diaryl/α,β-unsaturated/α-hetero) is 1. The molecule has 0 saturated carbocycles. The molecule has 0 aromatic heterocycles. The summed E-state index contributed by atoms with van der Waals surface area (Å²) >= 11 is 0. The van der Waals surface area contributed by atoms with Crippen molar-refractivity contribution in [2.24, 2.45) is 0 Å². The molecule has 0 aliphatic carbocycles. The van der Waals surface area contributed by atoms with E-state index in [1.54, 1.807) is 7.11 Å². The molecule has 20 heavy (non-hydrogen) atoms. The van der Waals surface area contributed by atoms with Gasteiger partial charge in [0.05, 0.1) is 12.7 Å². The van der Waals surface area contributed by atoms with Gasteiger partial charge in [-0.05, 0) is 41.0 Å². The fraction of sp³-hybridized carbons (Fsp3) is 0.938. The molecule has 1 atom stereocenters. The Balaban J connectivity index is 2.39. The molecule has 2 aliphatic rings. The largest absolute Gasteiger partial charge is 0.360 e. The molecule has 2 heterocycles. The van der Waals surface area contributed by atoms with E-state index in [1.165, 1.54) is 0 Å². The molecule has 4 heteroatoms. The van der Waals surface area contributed by atoms with Gasteiger partial charge in [-0.25, -0.2) is 0 Å². The van der Waals surface area contributed by atoms with Gasteiger partial charge in [0.1, 0.15) is 5.60 Å². The Morgan fingerprint density at radius 1 is 1.15 bits per heavy atom. The van der Waals surface area contributed by atoms with E-state index in [0.29, 0.717) is 19.3 Å². The number of ketones is 1. The van der Waals surface area contributed by atoms with Gasteiger partial charge in [0.2, 0.25) is 0 Å². The second kappa shape index (κ2) is 4.52. The van der Waals surface area contributed by atoms with Crippen LogP contribution in [0.1, 0.15) is 67.2 Å². The summed E-state index contributed by atoms with van der Waals surface area (Å²) in [5.41, 5.74) is -1.42. The van der Waals surface area contributed by atoms with Crippen molar-refractivity contribution < 1.29 is 14.4 Å². The van der Waals surface area contributed by atoms with Crippen molar-refractivity contribution in [3.05, 3.63) is 0 Å². The highest BCUT2D eigenvalue weighted by Crippen LogP contribution is 2.51. The summed E-state index contributed by atoms with van der Waals surface area (Å²) in [4.78, 5) is 18.3. The molecule has 4 nitrogen and oxygen atoms in total. The topological polar surface area (TPSA) is 38.8 Å². The molecule has 1 spiro atoms. The van der Waals surface area contributed by atoms with E-state index in [0.717, 1.165) is 6.42 Å². The van der Waals surface area contributed by atoms with Gasteiger partial charge >= 0.3 is 0 Å². The first-order valence-corrected chi connectivity index (χ1v) is 7.58. The predicted molar refractivity (Wildman–Crippen MR) is 78.4 cm³/mol. The molecule has 2 fully saturated rings. The number of carbonyl (C=O) groups excluding carboxylic acids is 1. The number of piperidine rings is 1. The molecule has 0 bridgehead atoms. The first kappa shape index (κ1) is 15.9. The lowest BCUT2D eigenvalue weighted by atomic mass is 9.70. The Labute approximate surface area is 122 Å². The van der Waals surface area contributed by atoms with E-state index in [1.807, 2.05) is 5.06 Å². The fourth-order valence-electron chi connectivity index (χ4n) is 4.45. The summed E-state index contributed by atoms with van der Waals surface area (Å²) in [6.45, 7) is 12.6. The molecule has 1 unspecified atom stereocenters. The Morgan fingerprint density at radius 2 is 1.65 bits per heavy atom. The minimum absolute atomic E-state index is 0.231. The van der Waals surface area contributed by atoms with E-state index >= 15 is 0 Å². The van der Waals surface area contributed by atoms with Gasteiger partial charge in [0.15, 0.2) is 5.78 Å². The van der Waals surface area contributed by atoms with Crippen LogP contribution in [0, 0.1) is 0 Å². The lowest BCUT2D eigenvalue weighted by Crippen LogP contribution is -2.66. The monoisotopic (exact) mass is 283 g/mol. The quantitative estimate of drug-likeness (QED) is 0.780. The molecule has 0 aromatic rings.